The van der Waals surface area contributed by atoms with Gasteiger partial charge in [0, 0.05) is 11.6 Å². The van der Waals surface area contributed by atoms with Gasteiger partial charge in [-0.25, -0.2) is 9.97 Å². The van der Waals surface area contributed by atoms with E-state index in [1.165, 1.54) is 6.20 Å². The normalized spacial score (nSPS) is 11.6. The summed E-state index contributed by atoms with van der Waals surface area (Å²) >= 11 is 5.98. The van der Waals surface area contributed by atoms with Crippen LogP contribution >= 0.6 is 11.6 Å². The average molecular weight is 381 g/mol. The first-order valence-electron chi connectivity index (χ1n) is 8.78. The average Bonchev–Trinajstić information content (AvgIpc) is 2.69. The first-order chi connectivity index (χ1) is 13.1. The van der Waals surface area contributed by atoms with E-state index in [1.54, 1.807) is 6.20 Å². The van der Waals surface area contributed by atoms with Crippen molar-refractivity contribution in [3.63, 3.8) is 0 Å². The maximum atomic E-state index is 12.3. The van der Waals surface area contributed by atoms with Gasteiger partial charge < -0.3 is 10.6 Å². The zero-order chi connectivity index (χ0) is 19.1. The second kappa shape index (κ2) is 9.14. The Morgan fingerprint density at radius 1 is 1.07 bits per heavy atom. The van der Waals surface area contributed by atoms with Crippen LogP contribution in [-0.2, 0) is 6.42 Å². The van der Waals surface area contributed by atoms with Crippen LogP contribution in [0.5, 0.6) is 0 Å². The number of rotatable bonds is 7. The standard InChI is InChI=1S/C21H21ClN4O/c1-15(17-7-3-2-4-8-17)26-21(27)19-13-25-20(14-24-19)23-11-10-16-6-5-9-18(22)12-16/h2-9,12-15H,10-11H2,1H3,(H,23,25)(H,26,27). The molecule has 2 aromatic carbocycles. The highest BCUT2D eigenvalue weighted by Crippen LogP contribution is 2.13. The van der Waals surface area contributed by atoms with Crippen LogP contribution in [0.15, 0.2) is 67.0 Å². The van der Waals surface area contributed by atoms with Gasteiger partial charge in [-0.2, -0.15) is 0 Å². The van der Waals surface area contributed by atoms with Crippen LogP contribution in [0.1, 0.15) is 34.6 Å². The molecule has 1 amide bonds. The van der Waals surface area contributed by atoms with Gasteiger partial charge in [-0.15, -0.1) is 0 Å². The summed E-state index contributed by atoms with van der Waals surface area (Å²) in [6.45, 7) is 2.64. The molecule has 1 atom stereocenters. The minimum absolute atomic E-state index is 0.101. The van der Waals surface area contributed by atoms with Gasteiger partial charge in [-0.05, 0) is 36.6 Å². The first-order valence-corrected chi connectivity index (χ1v) is 9.16. The Labute approximate surface area is 163 Å². The van der Waals surface area contributed by atoms with Gasteiger partial charge >= 0.3 is 0 Å². The Kier molecular flexibility index (Phi) is 6.39. The van der Waals surface area contributed by atoms with Gasteiger partial charge in [-0.3, -0.25) is 4.79 Å². The van der Waals surface area contributed by atoms with Gasteiger partial charge in [-0.1, -0.05) is 54.1 Å². The van der Waals surface area contributed by atoms with E-state index in [0.717, 1.165) is 22.6 Å². The third-order valence-electron chi connectivity index (χ3n) is 4.14. The van der Waals surface area contributed by atoms with Gasteiger partial charge in [0.15, 0.2) is 0 Å². The fourth-order valence-electron chi connectivity index (χ4n) is 2.66. The zero-order valence-electron chi connectivity index (χ0n) is 15.0. The van der Waals surface area contributed by atoms with Crippen LogP contribution in [0.4, 0.5) is 5.82 Å². The molecule has 0 radical (unpaired) electrons. The molecule has 27 heavy (non-hydrogen) atoms. The molecule has 1 unspecified atom stereocenters. The third-order valence-corrected chi connectivity index (χ3v) is 4.38. The summed E-state index contributed by atoms with van der Waals surface area (Å²) < 4.78 is 0. The largest absolute Gasteiger partial charge is 0.368 e. The molecule has 0 saturated heterocycles. The number of anilines is 1. The molecule has 3 rings (SSSR count). The van der Waals surface area contributed by atoms with Crippen molar-refractivity contribution < 1.29 is 4.79 Å². The minimum atomic E-state index is -0.246. The minimum Gasteiger partial charge on any atom is -0.368 e. The highest BCUT2D eigenvalue weighted by molar-refractivity contribution is 6.30. The van der Waals surface area contributed by atoms with Gasteiger partial charge in [0.2, 0.25) is 0 Å². The van der Waals surface area contributed by atoms with Crippen LogP contribution in [-0.4, -0.2) is 22.4 Å². The molecule has 3 aromatic rings. The van der Waals surface area contributed by atoms with Crippen molar-refractivity contribution >= 4 is 23.3 Å². The van der Waals surface area contributed by atoms with Crippen molar-refractivity contribution in [3.05, 3.63) is 88.8 Å². The second-order valence-corrected chi connectivity index (χ2v) is 6.64. The molecule has 6 heteroatoms. The highest BCUT2D eigenvalue weighted by atomic mass is 35.5. The lowest BCUT2D eigenvalue weighted by Gasteiger charge is -2.14. The van der Waals surface area contributed by atoms with Crippen LogP contribution < -0.4 is 10.6 Å². The number of hydrogen-bond donors (Lipinski definition) is 2. The topological polar surface area (TPSA) is 66.9 Å². The van der Waals surface area contributed by atoms with Crippen LogP contribution in [0.25, 0.3) is 0 Å². The highest BCUT2D eigenvalue weighted by Gasteiger charge is 2.12. The number of halogens is 1. The predicted molar refractivity (Wildman–Crippen MR) is 108 cm³/mol. The monoisotopic (exact) mass is 380 g/mol. The molecule has 0 spiro atoms. The van der Waals surface area contributed by atoms with Crippen molar-refractivity contribution in [2.75, 3.05) is 11.9 Å². The summed E-state index contributed by atoms with van der Waals surface area (Å²) in [5, 5.41) is 6.85. The molecule has 0 aliphatic heterocycles. The quantitative estimate of drug-likeness (QED) is 0.642. The first kappa shape index (κ1) is 18.9. The molecule has 138 valence electrons. The van der Waals surface area contributed by atoms with E-state index < -0.39 is 0 Å². The molecule has 1 aromatic heterocycles. The van der Waals surface area contributed by atoms with E-state index in [-0.39, 0.29) is 17.6 Å². The Bertz CT molecular complexity index is 884. The van der Waals surface area contributed by atoms with Gasteiger partial charge in [0.05, 0.1) is 18.4 Å². The van der Waals surface area contributed by atoms with E-state index in [0.29, 0.717) is 12.4 Å². The molecular weight excluding hydrogens is 360 g/mol. The number of nitrogens with one attached hydrogen (secondary N) is 2. The number of nitrogens with zero attached hydrogens (tertiary/aromatic N) is 2. The molecule has 0 bridgehead atoms. The van der Waals surface area contributed by atoms with Crippen molar-refractivity contribution in [1.29, 1.82) is 0 Å². The molecule has 0 saturated carbocycles. The van der Waals surface area contributed by atoms with Crippen LogP contribution in [0.2, 0.25) is 5.02 Å². The Morgan fingerprint density at radius 3 is 2.59 bits per heavy atom. The van der Waals surface area contributed by atoms with E-state index in [4.69, 9.17) is 11.6 Å². The van der Waals surface area contributed by atoms with E-state index in [2.05, 4.69) is 20.6 Å². The molecule has 0 aliphatic rings. The lowest BCUT2D eigenvalue weighted by atomic mass is 10.1. The Morgan fingerprint density at radius 2 is 1.89 bits per heavy atom. The lowest BCUT2D eigenvalue weighted by Crippen LogP contribution is -2.27. The third kappa shape index (κ3) is 5.53. The van der Waals surface area contributed by atoms with Crippen LogP contribution in [0.3, 0.4) is 0 Å². The molecule has 1 heterocycles. The van der Waals surface area contributed by atoms with Crippen molar-refractivity contribution in [2.24, 2.45) is 0 Å². The Hall–Kier alpha value is -2.92. The SMILES string of the molecule is CC(NC(=O)c1cnc(NCCc2cccc(Cl)c2)cn1)c1ccccc1. The van der Waals surface area contributed by atoms with E-state index in [9.17, 15) is 4.79 Å². The maximum absolute atomic E-state index is 12.3. The van der Waals surface area contributed by atoms with E-state index >= 15 is 0 Å². The van der Waals surface area contributed by atoms with Crippen molar-refractivity contribution in [2.45, 2.75) is 19.4 Å². The summed E-state index contributed by atoms with van der Waals surface area (Å²) in [5.41, 5.74) is 2.48. The fraction of sp³-hybridized carbons (Fsp3) is 0.190. The summed E-state index contributed by atoms with van der Waals surface area (Å²) in [6.07, 6.45) is 3.87. The molecule has 5 nitrogen and oxygen atoms in total. The van der Waals surface area contributed by atoms with Crippen LogP contribution in [0, 0.1) is 0 Å². The summed E-state index contributed by atoms with van der Waals surface area (Å²) in [5.74, 6) is 0.383. The maximum Gasteiger partial charge on any atom is 0.271 e. The Balaban J connectivity index is 1.51. The smallest absolute Gasteiger partial charge is 0.271 e. The molecule has 0 fully saturated rings. The second-order valence-electron chi connectivity index (χ2n) is 6.20. The summed E-state index contributed by atoms with van der Waals surface area (Å²) in [6, 6.07) is 17.4. The number of benzene rings is 2. The van der Waals surface area contributed by atoms with E-state index in [1.807, 2.05) is 61.5 Å². The number of aromatic nitrogens is 2. The number of hydrogen-bond acceptors (Lipinski definition) is 4. The zero-order valence-corrected chi connectivity index (χ0v) is 15.8. The van der Waals surface area contributed by atoms with Gasteiger partial charge in [0.25, 0.3) is 5.91 Å². The lowest BCUT2D eigenvalue weighted by molar-refractivity contribution is 0.0934. The molecule has 0 aliphatic carbocycles. The van der Waals surface area contributed by atoms with Crippen molar-refractivity contribution in [3.8, 4) is 0 Å². The number of carbonyl (C=O) groups is 1. The summed E-state index contributed by atoms with van der Waals surface area (Å²) in [4.78, 5) is 20.8. The molecule has 2 N–H and O–H groups in total. The fourth-order valence-corrected chi connectivity index (χ4v) is 2.87. The molecular formula is C21H21ClN4O. The number of carbonyl (C=O) groups excluding carboxylic acids is 1. The van der Waals surface area contributed by atoms with Gasteiger partial charge in [0.1, 0.15) is 11.5 Å². The summed E-state index contributed by atoms with van der Waals surface area (Å²) in [7, 11) is 0. The van der Waals surface area contributed by atoms with Crippen molar-refractivity contribution in [1.82, 2.24) is 15.3 Å². The number of amides is 1. The predicted octanol–water partition coefficient (Wildman–Crippen LogP) is 4.28.